The van der Waals surface area contributed by atoms with Gasteiger partial charge in [0.1, 0.15) is 13.2 Å². The van der Waals surface area contributed by atoms with Gasteiger partial charge in [-0.1, -0.05) is 24.3 Å². The van der Waals surface area contributed by atoms with Crippen molar-refractivity contribution in [2.45, 2.75) is 24.9 Å². The molecule has 0 aliphatic carbocycles. The normalized spacial score (nSPS) is 19.3. The lowest BCUT2D eigenvalue weighted by Gasteiger charge is -2.13. The molecule has 1 aromatic rings. The molecule has 0 fully saturated rings. The monoisotopic (exact) mass is 276 g/mol. The van der Waals surface area contributed by atoms with E-state index < -0.39 is 17.2 Å². The minimum Gasteiger partial charge on any atom is -0.406 e. The van der Waals surface area contributed by atoms with Gasteiger partial charge in [0, 0.05) is 0 Å². The van der Waals surface area contributed by atoms with E-state index in [0.29, 0.717) is 0 Å². The summed E-state index contributed by atoms with van der Waals surface area (Å²) in [5.41, 5.74) is 0. The van der Waals surface area contributed by atoms with Crippen molar-refractivity contribution >= 4 is 27.6 Å². The van der Waals surface area contributed by atoms with Gasteiger partial charge in [0.2, 0.25) is 17.2 Å². The van der Waals surface area contributed by atoms with E-state index in [-0.39, 0.29) is 0 Å². The topological polar surface area (TPSA) is 43.2 Å². The molecule has 4 nitrogen and oxygen atoms in total. The highest BCUT2D eigenvalue weighted by atomic mass is 28.2. The Morgan fingerprint density at radius 1 is 0.778 bits per heavy atom. The minimum absolute atomic E-state index is 0.787. The molecule has 0 saturated heterocycles. The first kappa shape index (κ1) is 11.9. The fourth-order valence-electron chi connectivity index (χ4n) is 2.20. The Labute approximate surface area is 110 Å². The van der Waals surface area contributed by atoms with Crippen LogP contribution in [-0.2, 0) is 9.68 Å². The van der Waals surface area contributed by atoms with E-state index in [1.54, 1.807) is 0 Å². The predicted octanol–water partition coefficient (Wildman–Crippen LogP) is 1.29. The summed E-state index contributed by atoms with van der Waals surface area (Å²) in [5, 5.41) is 2.70. The van der Waals surface area contributed by atoms with Crippen LogP contribution in [-0.4, -0.2) is 30.4 Å². The van der Waals surface area contributed by atoms with E-state index in [1.807, 2.05) is 0 Å². The summed E-state index contributed by atoms with van der Waals surface area (Å²) < 4.78 is 0. The smallest absolute Gasteiger partial charge is 0.214 e. The van der Waals surface area contributed by atoms with Crippen LogP contribution in [0.3, 0.4) is 0 Å². The summed E-state index contributed by atoms with van der Waals surface area (Å²) in [7, 11) is -1.64. The van der Waals surface area contributed by atoms with Crippen LogP contribution < -0.4 is 10.4 Å². The molecule has 2 aliphatic rings. The van der Waals surface area contributed by atoms with Crippen LogP contribution in [0.5, 0.6) is 0 Å². The van der Waals surface area contributed by atoms with Gasteiger partial charge in [0.05, 0.1) is 0 Å². The lowest BCUT2D eigenvalue weighted by Crippen LogP contribution is -2.29. The van der Waals surface area contributed by atoms with Crippen LogP contribution in [0.15, 0.2) is 33.9 Å². The highest BCUT2D eigenvalue weighted by Crippen LogP contribution is 2.05. The molecule has 0 spiro atoms. The summed E-state index contributed by atoms with van der Waals surface area (Å²) >= 11 is 0. The molecular formula is C12H16N2O2Si2. The summed E-state index contributed by atoms with van der Waals surface area (Å²) in [6.45, 7) is 1.57. The zero-order valence-corrected chi connectivity index (χ0v) is 12.3. The lowest BCUT2D eigenvalue weighted by molar-refractivity contribution is 0.139. The van der Waals surface area contributed by atoms with Crippen LogP contribution in [0.2, 0.25) is 12.1 Å². The SMILES string of the molecule is c1cc([Si]2=NOCCC2)ccc1[Si]1=NOCCC1. The first-order valence-corrected chi connectivity index (χ1v) is 9.73. The van der Waals surface area contributed by atoms with Gasteiger partial charge in [-0.2, -0.15) is 0 Å². The van der Waals surface area contributed by atoms with Gasteiger partial charge >= 0.3 is 0 Å². The van der Waals surface area contributed by atoms with E-state index in [9.17, 15) is 0 Å². The predicted molar refractivity (Wildman–Crippen MR) is 72.8 cm³/mol. The lowest BCUT2D eigenvalue weighted by atomic mass is 10.4. The molecule has 0 aromatic heterocycles. The van der Waals surface area contributed by atoms with Crippen LogP contribution >= 0.6 is 0 Å². The highest BCUT2D eigenvalue weighted by Gasteiger charge is 2.14. The van der Waals surface area contributed by atoms with Gasteiger partial charge < -0.3 is 9.68 Å². The average Bonchev–Trinajstić information content (AvgIpc) is 2.49. The summed E-state index contributed by atoms with van der Waals surface area (Å²) in [6.07, 6.45) is 2.27. The van der Waals surface area contributed by atoms with Gasteiger partial charge in [-0.3, -0.25) is 0 Å². The number of benzene rings is 1. The van der Waals surface area contributed by atoms with Gasteiger partial charge in [0.15, 0.2) is 0 Å². The fraction of sp³-hybridized carbons (Fsp3) is 0.500. The van der Waals surface area contributed by atoms with E-state index in [1.165, 1.54) is 22.5 Å². The maximum atomic E-state index is 5.22. The molecule has 3 rings (SSSR count). The molecule has 0 atom stereocenters. The Morgan fingerprint density at radius 2 is 1.22 bits per heavy atom. The van der Waals surface area contributed by atoms with E-state index in [2.05, 4.69) is 33.9 Å². The zero-order valence-electron chi connectivity index (χ0n) is 10.3. The summed E-state index contributed by atoms with van der Waals surface area (Å²) in [6, 6.07) is 11.2. The van der Waals surface area contributed by atoms with Crippen molar-refractivity contribution in [2.24, 2.45) is 9.59 Å². The average molecular weight is 276 g/mol. The maximum Gasteiger partial charge on any atom is 0.214 e. The molecule has 0 unspecified atom stereocenters. The third-order valence-corrected chi connectivity index (χ3v) is 7.55. The van der Waals surface area contributed by atoms with Gasteiger partial charge in [-0.05, 0) is 35.3 Å². The van der Waals surface area contributed by atoms with Crippen LogP contribution in [0.4, 0.5) is 0 Å². The molecule has 6 heteroatoms. The highest BCUT2D eigenvalue weighted by molar-refractivity contribution is 6.64. The third kappa shape index (κ3) is 2.64. The molecule has 0 saturated carbocycles. The minimum atomic E-state index is -0.820. The van der Waals surface area contributed by atoms with Crippen LogP contribution in [0.1, 0.15) is 12.8 Å². The van der Waals surface area contributed by atoms with Crippen LogP contribution in [0.25, 0.3) is 0 Å². The van der Waals surface area contributed by atoms with E-state index in [4.69, 9.17) is 9.68 Å². The summed E-state index contributed by atoms with van der Waals surface area (Å²) in [4.78, 5) is 19.1. The Hall–Kier alpha value is -1.15. The molecule has 0 N–H and O–H groups in total. The number of nitrogens with zero attached hydrogens (tertiary/aromatic N) is 2. The molecule has 18 heavy (non-hydrogen) atoms. The number of hydrogen-bond acceptors (Lipinski definition) is 4. The second-order valence-corrected chi connectivity index (χ2v) is 8.83. The molecule has 0 bridgehead atoms. The standard InChI is InChI=1S/C12H16N2O2Si2/c1-7-15-13-17(9-1)11-3-5-12(6-4-11)18-10-2-8-16-14-18/h3-6H,1-2,7-10H2. The number of rotatable bonds is 2. The van der Waals surface area contributed by atoms with Gasteiger partial charge in [0.25, 0.3) is 0 Å². The second-order valence-electron chi connectivity index (χ2n) is 4.53. The van der Waals surface area contributed by atoms with Gasteiger partial charge in [-0.15, -0.1) is 9.59 Å². The maximum absolute atomic E-state index is 5.22. The molecular weight excluding hydrogens is 260 g/mol. The Kier molecular flexibility index (Phi) is 3.75. The Balaban J connectivity index is 1.80. The third-order valence-electron chi connectivity index (χ3n) is 3.20. The number of hydrogen-bond donors (Lipinski definition) is 0. The van der Waals surface area contributed by atoms with Crippen molar-refractivity contribution in [3.8, 4) is 0 Å². The molecule has 0 radical (unpaired) electrons. The first-order chi connectivity index (χ1) is 8.93. The van der Waals surface area contributed by atoms with Crippen molar-refractivity contribution in [3.05, 3.63) is 24.3 Å². The molecule has 94 valence electrons. The molecule has 2 aliphatic heterocycles. The largest absolute Gasteiger partial charge is 0.406 e. The van der Waals surface area contributed by atoms with E-state index >= 15 is 0 Å². The first-order valence-electron chi connectivity index (χ1n) is 6.42. The quantitative estimate of drug-likeness (QED) is 0.764. The molecule has 1 aromatic carbocycles. The second kappa shape index (κ2) is 5.66. The Bertz CT molecular complexity index is 440. The Morgan fingerprint density at radius 3 is 1.56 bits per heavy atom. The van der Waals surface area contributed by atoms with Crippen molar-refractivity contribution < 1.29 is 9.68 Å². The zero-order chi connectivity index (χ0) is 12.2. The van der Waals surface area contributed by atoms with Crippen molar-refractivity contribution in [3.63, 3.8) is 0 Å². The van der Waals surface area contributed by atoms with E-state index in [0.717, 1.165) is 26.1 Å². The van der Waals surface area contributed by atoms with Crippen molar-refractivity contribution in [1.82, 2.24) is 0 Å². The summed E-state index contributed by atoms with van der Waals surface area (Å²) in [5.74, 6) is 0. The molecule has 2 heterocycles. The van der Waals surface area contributed by atoms with Crippen molar-refractivity contribution in [1.29, 1.82) is 0 Å². The van der Waals surface area contributed by atoms with Gasteiger partial charge in [-0.25, -0.2) is 0 Å². The molecule has 0 amide bonds. The van der Waals surface area contributed by atoms with Crippen LogP contribution in [0, 0.1) is 0 Å². The van der Waals surface area contributed by atoms with Crippen molar-refractivity contribution in [2.75, 3.05) is 13.2 Å². The fourth-order valence-corrected chi connectivity index (χ4v) is 5.72.